The van der Waals surface area contributed by atoms with Crippen molar-refractivity contribution in [1.82, 2.24) is 0 Å². The van der Waals surface area contributed by atoms with Crippen molar-refractivity contribution in [3.63, 3.8) is 0 Å². The normalized spacial score (nSPS) is 17.7. The molecule has 2 atom stereocenters. The van der Waals surface area contributed by atoms with Crippen LogP contribution in [0.15, 0.2) is 55.1 Å². The summed E-state index contributed by atoms with van der Waals surface area (Å²) in [6, 6.07) is 10.0. The Balaban J connectivity index is 1.50. The fourth-order valence-electron chi connectivity index (χ4n) is 4.60. The maximum absolute atomic E-state index is 15.0. The molecule has 0 N–H and O–H groups in total. The summed E-state index contributed by atoms with van der Waals surface area (Å²) in [5, 5.41) is 0. The predicted molar refractivity (Wildman–Crippen MR) is 128 cm³/mol. The number of benzene rings is 3. The first-order valence-corrected chi connectivity index (χ1v) is 12.0. The lowest BCUT2D eigenvalue weighted by Crippen LogP contribution is -2.21. The fourth-order valence-corrected chi connectivity index (χ4v) is 4.60. The largest absolute Gasteiger partial charge is 0.491 e. The van der Waals surface area contributed by atoms with Crippen molar-refractivity contribution in [3.05, 3.63) is 101 Å². The average molecular weight is 503 g/mol. The van der Waals surface area contributed by atoms with E-state index in [0.29, 0.717) is 24.8 Å². The van der Waals surface area contributed by atoms with Crippen LogP contribution >= 0.6 is 0 Å². The van der Waals surface area contributed by atoms with Gasteiger partial charge in [0.25, 0.3) is 0 Å². The minimum absolute atomic E-state index is 0.0123. The van der Waals surface area contributed by atoms with E-state index < -0.39 is 40.5 Å². The smallest absolute Gasteiger partial charge is 0.201 e. The first-order chi connectivity index (χ1) is 17.3. The average Bonchev–Trinajstić information content (AvgIpc) is 2.88. The monoisotopic (exact) mass is 502 g/mol. The molecule has 0 saturated carbocycles. The Morgan fingerprint density at radius 3 is 2.22 bits per heavy atom. The molecule has 1 heterocycles. The molecule has 0 bridgehead atoms. The van der Waals surface area contributed by atoms with Crippen LogP contribution in [0.25, 0.3) is 11.1 Å². The van der Waals surface area contributed by atoms with Gasteiger partial charge in [0.1, 0.15) is 5.82 Å². The highest BCUT2D eigenvalue weighted by Gasteiger charge is 2.30. The molecule has 2 nitrogen and oxygen atoms in total. The van der Waals surface area contributed by atoms with Gasteiger partial charge in [0, 0.05) is 22.6 Å². The second-order valence-electron chi connectivity index (χ2n) is 8.78. The standard InChI is InChI=1S/C29H27F5O2/c1-3-5-6-17-7-9-19(23(30)15-17)18-8-13-24(36-16-18)22-11-10-20(26(31)28(22)33)21-12-14-25(35-4-2)29(34)27(21)32/h3,7,9-12,14-15,18,24H,1,4-6,8,13,16H2,2H3. The number of rotatable bonds is 8. The highest BCUT2D eigenvalue weighted by Crippen LogP contribution is 2.40. The topological polar surface area (TPSA) is 18.5 Å². The van der Waals surface area contributed by atoms with Crippen LogP contribution in [0.4, 0.5) is 22.0 Å². The molecule has 1 aliphatic heterocycles. The van der Waals surface area contributed by atoms with Gasteiger partial charge in [-0.2, -0.15) is 4.39 Å². The zero-order valence-corrected chi connectivity index (χ0v) is 19.9. The maximum atomic E-state index is 15.0. The maximum Gasteiger partial charge on any atom is 0.201 e. The summed E-state index contributed by atoms with van der Waals surface area (Å²) in [6.45, 7) is 5.57. The van der Waals surface area contributed by atoms with Crippen molar-refractivity contribution in [2.45, 2.75) is 44.6 Å². The number of hydrogen-bond acceptors (Lipinski definition) is 2. The van der Waals surface area contributed by atoms with E-state index in [2.05, 4.69) is 6.58 Å². The van der Waals surface area contributed by atoms with E-state index in [1.54, 1.807) is 19.1 Å². The molecule has 1 aliphatic rings. The Morgan fingerprint density at radius 1 is 0.889 bits per heavy atom. The van der Waals surface area contributed by atoms with E-state index >= 15 is 4.39 Å². The van der Waals surface area contributed by atoms with E-state index in [0.717, 1.165) is 18.1 Å². The van der Waals surface area contributed by atoms with Gasteiger partial charge in [-0.05, 0) is 61.9 Å². The van der Waals surface area contributed by atoms with Crippen molar-refractivity contribution < 1.29 is 31.4 Å². The Hall–Kier alpha value is -3.19. The summed E-state index contributed by atoms with van der Waals surface area (Å²) in [5.41, 5.74) is 0.596. The quantitative estimate of drug-likeness (QED) is 0.228. The molecular formula is C29H27F5O2. The van der Waals surface area contributed by atoms with Crippen molar-refractivity contribution in [2.75, 3.05) is 13.2 Å². The van der Waals surface area contributed by atoms with E-state index in [1.165, 1.54) is 24.3 Å². The van der Waals surface area contributed by atoms with Gasteiger partial charge in [0.15, 0.2) is 23.2 Å². The van der Waals surface area contributed by atoms with Crippen LogP contribution in [-0.2, 0) is 11.2 Å². The Morgan fingerprint density at radius 2 is 1.58 bits per heavy atom. The molecule has 0 radical (unpaired) electrons. The molecule has 0 aromatic heterocycles. The third kappa shape index (κ3) is 5.16. The Bertz CT molecular complexity index is 1250. The van der Waals surface area contributed by atoms with Gasteiger partial charge in [-0.15, -0.1) is 6.58 Å². The third-order valence-corrected chi connectivity index (χ3v) is 6.51. The number of allylic oxidation sites excluding steroid dienone is 1. The molecule has 2 unspecified atom stereocenters. The molecule has 3 aromatic rings. The van der Waals surface area contributed by atoms with Gasteiger partial charge in [0.2, 0.25) is 5.82 Å². The SMILES string of the molecule is C=CCCc1ccc(C2CCC(c3ccc(-c4ccc(OCC)c(F)c4F)c(F)c3F)OC2)c(F)c1. The highest BCUT2D eigenvalue weighted by atomic mass is 19.2. The van der Waals surface area contributed by atoms with Gasteiger partial charge in [-0.25, -0.2) is 17.6 Å². The van der Waals surface area contributed by atoms with Crippen LogP contribution in [-0.4, -0.2) is 13.2 Å². The molecule has 0 spiro atoms. The molecule has 4 rings (SSSR count). The Kier molecular flexibility index (Phi) is 8.09. The summed E-state index contributed by atoms with van der Waals surface area (Å²) in [7, 11) is 0. The van der Waals surface area contributed by atoms with Crippen LogP contribution < -0.4 is 4.74 Å². The van der Waals surface area contributed by atoms with Crippen LogP contribution in [0.2, 0.25) is 0 Å². The lowest BCUT2D eigenvalue weighted by Gasteiger charge is -2.30. The van der Waals surface area contributed by atoms with Crippen LogP contribution in [0.3, 0.4) is 0 Å². The molecule has 190 valence electrons. The van der Waals surface area contributed by atoms with E-state index in [4.69, 9.17) is 9.47 Å². The summed E-state index contributed by atoms with van der Waals surface area (Å²) in [4.78, 5) is 0. The van der Waals surface area contributed by atoms with Gasteiger partial charge in [-0.1, -0.05) is 30.3 Å². The van der Waals surface area contributed by atoms with Crippen molar-refractivity contribution in [2.24, 2.45) is 0 Å². The summed E-state index contributed by atoms with van der Waals surface area (Å²) < 4.78 is 84.3. The minimum atomic E-state index is -1.32. The highest BCUT2D eigenvalue weighted by molar-refractivity contribution is 5.66. The number of halogens is 5. The van der Waals surface area contributed by atoms with Crippen LogP contribution in [0, 0.1) is 29.1 Å². The summed E-state index contributed by atoms with van der Waals surface area (Å²) >= 11 is 0. The molecule has 1 fully saturated rings. The molecule has 1 saturated heterocycles. The van der Waals surface area contributed by atoms with E-state index in [-0.39, 0.29) is 36.3 Å². The second kappa shape index (κ2) is 11.2. The molecule has 0 amide bonds. The zero-order chi connectivity index (χ0) is 25.8. The number of ether oxygens (including phenoxy) is 2. The van der Waals surface area contributed by atoms with Crippen LogP contribution in [0.1, 0.15) is 54.9 Å². The Labute approximate surface area is 207 Å². The van der Waals surface area contributed by atoms with Crippen LogP contribution in [0.5, 0.6) is 5.75 Å². The zero-order valence-electron chi connectivity index (χ0n) is 19.9. The first-order valence-electron chi connectivity index (χ1n) is 12.0. The molecular weight excluding hydrogens is 475 g/mol. The summed E-state index contributed by atoms with van der Waals surface area (Å²) in [5.74, 6) is -5.87. The molecule has 3 aromatic carbocycles. The van der Waals surface area contributed by atoms with Gasteiger partial charge >= 0.3 is 0 Å². The fraction of sp³-hybridized carbons (Fsp3) is 0.310. The predicted octanol–water partition coefficient (Wildman–Crippen LogP) is 8.20. The van der Waals surface area contributed by atoms with E-state index in [1.807, 2.05) is 6.07 Å². The minimum Gasteiger partial charge on any atom is -0.491 e. The van der Waals surface area contributed by atoms with Crippen molar-refractivity contribution >= 4 is 0 Å². The number of aryl methyl sites for hydroxylation is 1. The van der Waals surface area contributed by atoms with Crippen molar-refractivity contribution in [3.8, 4) is 16.9 Å². The number of hydrogen-bond donors (Lipinski definition) is 0. The van der Waals surface area contributed by atoms with Gasteiger partial charge in [0.05, 0.1) is 19.3 Å². The van der Waals surface area contributed by atoms with Crippen molar-refractivity contribution in [1.29, 1.82) is 0 Å². The first kappa shape index (κ1) is 25.9. The molecule has 36 heavy (non-hydrogen) atoms. The lowest BCUT2D eigenvalue weighted by molar-refractivity contribution is -0.000535. The third-order valence-electron chi connectivity index (χ3n) is 6.51. The molecule has 0 aliphatic carbocycles. The van der Waals surface area contributed by atoms with Gasteiger partial charge < -0.3 is 9.47 Å². The summed E-state index contributed by atoms with van der Waals surface area (Å²) in [6.07, 6.45) is 3.38. The second-order valence-corrected chi connectivity index (χ2v) is 8.78. The molecule has 7 heteroatoms. The van der Waals surface area contributed by atoms with Gasteiger partial charge in [-0.3, -0.25) is 0 Å². The lowest BCUT2D eigenvalue weighted by atomic mass is 9.88. The van der Waals surface area contributed by atoms with E-state index in [9.17, 15) is 17.6 Å².